The molecular formula is C13H24N2O4. The highest BCUT2D eigenvalue weighted by Crippen LogP contribution is 2.22. The number of carbonyl (C=O) groups excluding carboxylic acids is 1. The highest BCUT2D eigenvalue weighted by Gasteiger charge is 2.32. The van der Waals surface area contributed by atoms with Crippen molar-refractivity contribution in [1.82, 2.24) is 9.80 Å². The maximum atomic E-state index is 12.3. The number of hydrogen-bond acceptors (Lipinski definition) is 3. The van der Waals surface area contributed by atoms with Crippen LogP contribution >= 0.6 is 0 Å². The third-order valence-corrected chi connectivity index (χ3v) is 3.70. The van der Waals surface area contributed by atoms with Crippen molar-refractivity contribution in [2.45, 2.75) is 51.7 Å². The minimum absolute atomic E-state index is 0.0505. The van der Waals surface area contributed by atoms with E-state index in [1.165, 1.54) is 0 Å². The predicted octanol–water partition coefficient (Wildman–Crippen LogP) is 1.14. The molecule has 0 aliphatic carbocycles. The summed E-state index contributed by atoms with van der Waals surface area (Å²) in [5, 5.41) is 18.7. The minimum Gasteiger partial charge on any atom is -0.481 e. The van der Waals surface area contributed by atoms with Crippen LogP contribution in [0.3, 0.4) is 0 Å². The molecular weight excluding hydrogens is 248 g/mol. The second kappa shape index (κ2) is 6.23. The molecule has 2 N–H and O–H groups in total. The highest BCUT2D eigenvalue weighted by atomic mass is 16.4. The van der Waals surface area contributed by atoms with E-state index in [1.807, 2.05) is 6.92 Å². The van der Waals surface area contributed by atoms with E-state index in [2.05, 4.69) is 0 Å². The van der Waals surface area contributed by atoms with Gasteiger partial charge in [0.25, 0.3) is 0 Å². The van der Waals surface area contributed by atoms with E-state index >= 15 is 0 Å². The van der Waals surface area contributed by atoms with Gasteiger partial charge < -0.3 is 20.0 Å². The Bertz CT molecular complexity index is 334. The number of hydrogen-bond donors (Lipinski definition) is 2. The third kappa shape index (κ3) is 4.38. The Kier molecular flexibility index (Phi) is 5.17. The molecule has 0 bridgehead atoms. The van der Waals surface area contributed by atoms with Crippen LogP contribution in [0.5, 0.6) is 0 Å². The van der Waals surface area contributed by atoms with Gasteiger partial charge in [-0.25, -0.2) is 4.79 Å². The number of carboxylic acid groups (broad SMARTS) is 1. The van der Waals surface area contributed by atoms with Gasteiger partial charge in [-0.2, -0.15) is 0 Å². The normalized spacial score (nSPS) is 19.9. The minimum atomic E-state index is -0.902. The molecule has 0 spiro atoms. The molecule has 110 valence electrons. The summed E-state index contributed by atoms with van der Waals surface area (Å²) in [6, 6.07) is -0.454. The molecule has 0 aromatic carbocycles. The van der Waals surface area contributed by atoms with Crippen molar-refractivity contribution in [3.05, 3.63) is 0 Å². The van der Waals surface area contributed by atoms with E-state index in [0.717, 1.165) is 0 Å². The maximum Gasteiger partial charge on any atom is 0.320 e. The first kappa shape index (κ1) is 15.8. The smallest absolute Gasteiger partial charge is 0.320 e. The summed E-state index contributed by atoms with van der Waals surface area (Å²) in [4.78, 5) is 26.3. The van der Waals surface area contributed by atoms with Crippen LogP contribution in [0.15, 0.2) is 0 Å². The molecule has 0 radical (unpaired) electrons. The monoisotopic (exact) mass is 272 g/mol. The van der Waals surface area contributed by atoms with E-state index in [9.17, 15) is 14.7 Å². The van der Waals surface area contributed by atoms with Gasteiger partial charge in [0.1, 0.15) is 0 Å². The number of amides is 2. The highest BCUT2D eigenvalue weighted by molar-refractivity contribution is 5.76. The van der Waals surface area contributed by atoms with Gasteiger partial charge >= 0.3 is 12.0 Å². The first-order valence-corrected chi connectivity index (χ1v) is 6.76. The Labute approximate surface area is 114 Å². The van der Waals surface area contributed by atoms with Gasteiger partial charge in [0, 0.05) is 25.7 Å². The number of carboxylic acids is 1. The van der Waals surface area contributed by atoms with Crippen LogP contribution in [0.25, 0.3) is 0 Å². The van der Waals surface area contributed by atoms with Gasteiger partial charge in [0.2, 0.25) is 0 Å². The van der Waals surface area contributed by atoms with E-state index in [4.69, 9.17) is 5.11 Å². The van der Waals surface area contributed by atoms with Crippen molar-refractivity contribution >= 4 is 12.0 Å². The fourth-order valence-electron chi connectivity index (χ4n) is 2.36. The predicted molar refractivity (Wildman–Crippen MR) is 70.9 cm³/mol. The number of carbonyl (C=O) groups is 2. The first-order chi connectivity index (χ1) is 8.76. The Morgan fingerprint density at radius 2 is 1.89 bits per heavy atom. The lowest BCUT2D eigenvalue weighted by Crippen LogP contribution is -2.52. The summed E-state index contributed by atoms with van der Waals surface area (Å²) < 4.78 is 0. The van der Waals surface area contributed by atoms with E-state index in [-0.39, 0.29) is 18.5 Å². The Balaban J connectivity index is 2.61. The van der Waals surface area contributed by atoms with Crippen molar-refractivity contribution in [2.75, 3.05) is 19.6 Å². The zero-order chi connectivity index (χ0) is 14.6. The molecule has 1 unspecified atom stereocenters. The molecule has 2 amide bonds. The van der Waals surface area contributed by atoms with Gasteiger partial charge in [-0.05, 0) is 33.6 Å². The van der Waals surface area contributed by atoms with Crippen LogP contribution in [0.4, 0.5) is 4.79 Å². The van der Waals surface area contributed by atoms with Gasteiger partial charge in [-0.1, -0.05) is 0 Å². The van der Waals surface area contributed by atoms with Crippen molar-refractivity contribution < 1.29 is 19.8 Å². The molecule has 1 saturated heterocycles. The molecule has 1 heterocycles. The number of nitrogens with zero attached hydrogens (tertiary/aromatic N) is 2. The third-order valence-electron chi connectivity index (χ3n) is 3.70. The number of likely N-dealkylation sites (tertiary alicyclic amines) is 1. The lowest BCUT2D eigenvalue weighted by molar-refractivity contribution is -0.138. The van der Waals surface area contributed by atoms with Crippen LogP contribution in [-0.2, 0) is 4.79 Å². The zero-order valence-electron chi connectivity index (χ0n) is 11.9. The number of piperidine rings is 1. The molecule has 1 aliphatic rings. The molecule has 0 saturated carbocycles. The summed E-state index contributed by atoms with van der Waals surface area (Å²) in [6.07, 6.45) is 1.07. The summed E-state index contributed by atoms with van der Waals surface area (Å²) >= 11 is 0. The molecule has 1 aliphatic heterocycles. The maximum absolute atomic E-state index is 12.3. The Morgan fingerprint density at radius 3 is 2.32 bits per heavy atom. The number of aliphatic hydroxyl groups is 1. The average Bonchev–Trinajstić information content (AvgIpc) is 2.28. The molecule has 0 aromatic heterocycles. The molecule has 1 fully saturated rings. The van der Waals surface area contributed by atoms with Crippen LogP contribution in [0.2, 0.25) is 0 Å². The molecule has 19 heavy (non-hydrogen) atoms. The molecule has 6 heteroatoms. The number of rotatable bonds is 4. The van der Waals surface area contributed by atoms with Crippen LogP contribution in [-0.4, -0.2) is 63.3 Å². The largest absolute Gasteiger partial charge is 0.481 e. The topological polar surface area (TPSA) is 81.1 Å². The van der Waals surface area contributed by atoms with Crippen molar-refractivity contribution in [1.29, 1.82) is 0 Å². The summed E-state index contributed by atoms with van der Waals surface area (Å²) in [7, 11) is 0. The molecule has 6 nitrogen and oxygen atoms in total. The van der Waals surface area contributed by atoms with E-state index in [1.54, 1.807) is 23.6 Å². The van der Waals surface area contributed by atoms with E-state index < -0.39 is 11.6 Å². The fraction of sp³-hybridized carbons (Fsp3) is 0.846. The van der Waals surface area contributed by atoms with Gasteiger partial charge in [-0.3, -0.25) is 4.79 Å². The first-order valence-electron chi connectivity index (χ1n) is 6.76. The van der Waals surface area contributed by atoms with Gasteiger partial charge in [0.15, 0.2) is 0 Å². The fourth-order valence-corrected chi connectivity index (χ4v) is 2.36. The van der Waals surface area contributed by atoms with Crippen molar-refractivity contribution in [3.8, 4) is 0 Å². The molecule has 1 atom stereocenters. The number of aliphatic carboxylic acids is 1. The van der Waals surface area contributed by atoms with Crippen LogP contribution in [0, 0.1) is 0 Å². The van der Waals surface area contributed by atoms with E-state index in [0.29, 0.717) is 32.5 Å². The Hall–Kier alpha value is -1.30. The standard InChI is InChI=1S/C13H24N2O4/c1-4-15(10(2)9-11(16)17)12(18)14-7-5-13(3,19)6-8-14/h10,19H,4-9H2,1-3H3,(H,16,17). The second-order valence-corrected chi connectivity index (χ2v) is 5.50. The summed E-state index contributed by atoms with van der Waals surface area (Å²) in [6.45, 7) is 6.88. The SMILES string of the molecule is CCN(C(=O)N1CCC(C)(O)CC1)C(C)CC(=O)O. The lowest BCUT2D eigenvalue weighted by Gasteiger charge is -2.39. The summed E-state index contributed by atoms with van der Waals surface area (Å²) in [5.41, 5.74) is -0.694. The average molecular weight is 272 g/mol. The van der Waals surface area contributed by atoms with Crippen molar-refractivity contribution in [2.24, 2.45) is 0 Å². The lowest BCUT2D eigenvalue weighted by atomic mass is 9.94. The molecule has 1 rings (SSSR count). The number of urea groups is 1. The summed E-state index contributed by atoms with van der Waals surface area (Å²) in [5.74, 6) is -0.902. The Morgan fingerprint density at radius 1 is 1.37 bits per heavy atom. The molecule has 0 aromatic rings. The van der Waals surface area contributed by atoms with Crippen LogP contribution in [0.1, 0.15) is 40.0 Å². The van der Waals surface area contributed by atoms with Gasteiger partial charge in [0.05, 0.1) is 12.0 Å². The second-order valence-electron chi connectivity index (χ2n) is 5.50. The van der Waals surface area contributed by atoms with Crippen molar-refractivity contribution in [3.63, 3.8) is 0 Å². The van der Waals surface area contributed by atoms with Gasteiger partial charge in [-0.15, -0.1) is 0 Å². The zero-order valence-corrected chi connectivity index (χ0v) is 11.9. The quantitative estimate of drug-likeness (QED) is 0.804. The van der Waals surface area contributed by atoms with Crippen LogP contribution < -0.4 is 0 Å².